The molecule has 3 aliphatic rings. The zero-order valence-electron chi connectivity index (χ0n) is 20.7. The van der Waals surface area contributed by atoms with Gasteiger partial charge in [0.2, 0.25) is 5.91 Å². The Morgan fingerprint density at radius 3 is 2.53 bits per heavy atom. The summed E-state index contributed by atoms with van der Waals surface area (Å²) in [6, 6.07) is 3.14. The van der Waals surface area contributed by atoms with E-state index in [9.17, 15) is 18.4 Å². The van der Waals surface area contributed by atoms with E-state index in [1.165, 1.54) is 0 Å². The van der Waals surface area contributed by atoms with Gasteiger partial charge in [-0.15, -0.1) is 0 Å². The second-order valence-electron chi connectivity index (χ2n) is 10.0. The molecule has 0 radical (unpaired) electrons. The first kappa shape index (κ1) is 24.7. The summed E-state index contributed by atoms with van der Waals surface area (Å²) in [4.78, 5) is 30.0. The average Bonchev–Trinajstić information content (AvgIpc) is 3.45. The molecular formula is C26H32F2N4O4. The van der Waals surface area contributed by atoms with Gasteiger partial charge in [-0.25, -0.2) is 8.78 Å². The quantitative estimate of drug-likeness (QED) is 0.629. The fraction of sp³-hybridized carbons (Fsp3) is 0.577. The maximum Gasteiger partial charge on any atom is 0.274 e. The molecule has 0 saturated carbocycles. The summed E-state index contributed by atoms with van der Waals surface area (Å²) in [5.41, 5.74) is 2.39. The smallest absolute Gasteiger partial charge is 0.274 e. The molecule has 2 atom stereocenters. The maximum atomic E-state index is 13.9. The Labute approximate surface area is 209 Å². The van der Waals surface area contributed by atoms with Gasteiger partial charge in [-0.1, -0.05) is 0 Å². The Kier molecular flexibility index (Phi) is 6.96. The molecule has 3 heterocycles. The van der Waals surface area contributed by atoms with E-state index in [2.05, 4.69) is 5.10 Å². The lowest BCUT2D eigenvalue weighted by Crippen LogP contribution is -2.48. The van der Waals surface area contributed by atoms with Crippen molar-refractivity contribution < 1.29 is 27.8 Å². The van der Waals surface area contributed by atoms with E-state index < -0.39 is 11.6 Å². The van der Waals surface area contributed by atoms with Crippen molar-refractivity contribution in [1.29, 1.82) is 0 Å². The van der Waals surface area contributed by atoms with Crippen LogP contribution in [0.5, 0.6) is 5.75 Å². The first-order valence-electron chi connectivity index (χ1n) is 12.7. The summed E-state index contributed by atoms with van der Waals surface area (Å²) < 4.78 is 40.4. The van der Waals surface area contributed by atoms with Crippen LogP contribution in [0, 0.1) is 11.6 Å². The second-order valence-corrected chi connectivity index (χ2v) is 10.0. The number of likely N-dealkylation sites (tertiary alicyclic amines) is 1. The standard InChI is InChI=1S/C26H32F2N4O4/c1-16-13-31(14-17(2)35-16)26(34)25-20-4-3-5-22(20)32(29-25)15-24(33)30-10-8-19(9-11-30)36-23-12-18(27)6-7-21(23)28/h6-7,12,16-17,19H,3-5,8-11,13-15H2,1-2H3/t16-,17+. The van der Waals surface area contributed by atoms with Crippen molar-refractivity contribution in [1.82, 2.24) is 19.6 Å². The number of amides is 2. The van der Waals surface area contributed by atoms with Crippen LogP contribution in [0.3, 0.4) is 0 Å². The number of aromatic nitrogens is 2. The summed E-state index contributed by atoms with van der Waals surface area (Å²) in [5.74, 6) is -1.43. The fourth-order valence-electron chi connectivity index (χ4n) is 5.50. The molecule has 1 aromatic carbocycles. The zero-order chi connectivity index (χ0) is 25.4. The van der Waals surface area contributed by atoms with Gasteiger partial charge >= 0.3 is 0 Å². The largest absolute Gasteiger partial charge is 0.487 e. The number of rotatable bonds is 5. The number of fused-ring (bicyclic) bond motifs is 1. The van der Waals surface area contributed by atoms with E-state index in [-0.39, 0.29) is 42.4 Å². The highest BCUT2D eigenvalue weighted by molar-refractivity contribution is 5.94. The van der Waals surface area contributed by atoms with Gasteiger partial charge in [-0.3, -0.25) is 14.3 Å². The third-order valence-corrected chi connectivity index (χ3v) is 7.18. The molecule has 36 heavy (non-hydrogen) atoms. The first-order valence-corrected chi connectivity index (χ1v) is 12.7. The van der Waals surface area contributed by atoms with E-state index in [0.717, 1.165) is 48.7 Å². The van der Waals surface area contributed by atoms with E-state index >= 15 is 0 Å². The van der Waals surface area contributed by atoms with E-state index in [1.54, 1.807) is 14.5 Å². The van der Waals surface area contributed by atoms with Gasteiger partial charge in [-0.2, -0.15) is 5.10 Å². The van der Waals surface area contributed by atoms with Crippen molar-refractivity contribution in [3.63, 3.8) is 0 Å². The molecule has 10 heteroatoms. The number of morpholine rings is 1. The van der Waals surface area contributed by atoms with Gasteiger partial charge in [0, 0.05) is 56.3 Å². The van der Waals surface area contributed by atoms with E-state index in [1.807, 2.05) is 13.8 Å². The number of piperidine rings is 1. The molecule has 0 spiro atoms. The molecule has 2 saturated heterocycles. The number of halogens is 2. The van der Waals surface area contributed by atoms with Gasteiger partial charge in [-0.05, 0) is 45.2 Å². The van der Waals surface area contributed by atoms with Crippen LogP contribution >= 0.6 is 0 Å². The van der Waals surface area contributed by atoms with Crippen molar-refractivity contribution in [2.24, 2.45) is 0 Å². The van der Waals surface area contributed by atoms with Crippen molar-refractivity contribution >= 4 is 11.8 Å². The van der Waals surface area contributed by atoms with Gasteiger partial charge in [0.15, 0.2) is 17.3 Å². The number of carbonyl (C=O) groups excluding carboxylic acids is 2. The van der Waals surface area contributed by atoms with Crippen LogP contribution < -0.4 is 4.74 Å². The summed E-state index contributed by atoms with van der Waals surface area (Å²) in [6.07, 6.45) is 3.23. The van der Waals surface area contributed by atoms with Crippen molar-refractivity contribution in [2.75, 3.05) is 26.2 Å². The Balaban J connectivity index is 1.22. The molecule has 0 unspecified atom stereocenters. The average molecular weight is 503 g/mol. The third kappa shape index (κ3) is 5.09. The van der Waals surface area contributed by atoms with Crippen LogP contribution in [0.25, 0.3) is 0 Å². The van der Waals surface area contributed by atoms with Crippen molar-refractivity contribution in [3.05, 3.63) is 46.8 Å². The van der Waals surface area contributed by atoms with Gasteiger partial charge in [0.1, 0.15) is 18.5 Å². The molecule has 2 amide bonds. The Hall–Kier alpha value is -3.01. The molecule has 2 aromatic rings. The summed E-state index contributed by atoms with van der Waals surface area (Å²) in [5, 5.41) is 4.62. The zero-order valence-corrected chi connectivity index (χ0v) is 20.7. The number of nitrogens with zero attached hydrogens (tertiary/aromatic N) is 4. The molecule has 2 aliphatic heterocycles. The molecule has 0 N–H and O–H groups in total. The lowest BCUT2D eigenvalue weighted by Gasteiger charge is -2.35. The van der Waals surface area contributed by atoms with Crippen LogP contribution in [0.1, 0.15) is 54.9 Å². The highest BCUT2D eigenvalue weighted by Crippen LogP contribution is 2.28. The Morgan fingerprint density at radius 2 is 1.81 bits per heavy atom. The summed E-state index contributed by atoms with van der Waals surface area (Å²) >= 11 is 0. The minimum absolute atomic E-state index is 0.0290. The number of ether oxygens (including phenoxy) is 2. The van der Waals surface area contributed by atoms with Crippen LogP contribution in [0.4, 0.5) is 8.78 Å². The minimum atomic E-state index is -0.603. The molecule has 2 fully saturated rings. The summed E-state index contributed by atoms with van der Waals surface area (Å²) in [6.45, 7) is 5.97. The van der Waals surface area contributed by atoms with Crippen LogP contribution in [0.2, 0.25) is 0 Å². The predicted octanol–water partition coefficient (Wildman–Crippen LogP) is 2.97. The fourth-order valence-corrected chi connectivity index (χ4v) is 5.50. The number of hydrogen-bond acceptors (Lipinski definition) is 5. The maximum absolute atomic E-state index is 13.9. The van der Waals surface area contributed by atoms with Crippen molar-refractivity contribution in [2.45, 2.75) is 70.8 Å². The number of carbonyl (C=O) groups is 2. The SMILES string of the molecule is C[C@@H]1CN(C(=O)c2nn(CC(=O)N3CCC(Oc4cc(F)ccc4F)CC3)c3c2CCC3)C[C@H](C)O1. The van der Waals surface area contributed by atoms with Crippen LogP contribution in [-0.4, -0.2) is 75.9 Å². The highest BCUT2D eigenvalue weighted by atomic mass is 19.1. The second kappa shape index (κ2) is 10.2. The minimum Gasteiger partial charge on any atom is -0.487 e. The topological polar surface area (TPSA) is 76.9 Å². The lowest BCUT2D eigenvalue weighted by atomic mass is 10.1. The van der Waals surface area contributed by atoms with Crippen LogP contribution in [-0.2, 0) is 28.9 Å². The molecule has 1 aromatic heterocycles. The first-order chi connectivity index (χ1) is 17.3. The molecule has 5 rings (SSSR count). The predicted molar refractivity (Wildman–Crippen MR) is 127 cm³/mol. The highest BCUT2D eigenvalue weighted by Gasteiger charge is 2.33. The van der Waals surface area contributed by atoms with Gasteiger partial charge < -0.3 is 19.3 Å². The Bertz CT molecular complexity index is 1140. The van der Waals surface area contributed by atoms with E-state index in [4.69, 9.17) is 9.47 Å². The van der Waals surface area contributed by atoms with Gasteiger partial charge in [0.25, 0.3) is 5.91 Å². The van der Waals surface area contributed by atoms with E-state index in [0.29, 0.717) is 44.7 Å². The van der Waals surface area contributed by atoms with Crippen LogP contribution in [0.15, 0.2) is 18.2 Å². The monoisotopic (exact) mass is 502 g/mol. The molecular weight excluding hydrogens is 470 g/mol. The number of hydrogen-bond donors (Lipinski definition) is 0. The van der Waals surface area contributed by atoms with Gasteiger partial charge in [0.05, 0.1) is 12.2 Å². The molecule has 194 valence electrons. The third-order valence-electron chi connectivity index (χ3n) is 7.18. The molecule has 0 bridgehead atoms. The molecule has 1 aliphatic carbocycles. The van der Waals surface area contributed by atoms with Crippen molar-refractivity contribution in [3.8, 4) is 5.75 Å². The normalized spacial score (nSPS) is 22.6. The summed E-state index contributed by atoms with van der Waals surface area (Å²) in [7, 11) is 0. The Morgan fingerprint density at radius 1 is 1.08 bits per heavy atom. The lowest BCUT2D eigenvalue weighted by molar-refractivity contribution is -0.133. The molecule has 8 nitrogen and oxygen atoms in total. The number of benzene rings is 1.